The van der Waals surface area contributed by atoms with Crippen molar-refractivity contribution in [1.29, 1.82) is 0 Å². The third-order valence-corrected chi connectivity index (χ3v) is 3.88. The van der Waals surface area contributed by atoms with Crippen molar-refractivity contribution in [3.8, 4) is 0 Å². The Morgan fingerprint density at radius 3 is 3.00 bits per heavy atom. The summed E-state index contributed by atoms with van der Waals surface area (Å²) in [6.07, 6.45) is 1.09. The lowest BCUT2D eigenvalue weighted by molar-refractivity contribution is 0.178. The summed E-state index contributed by atoms with van der Waals surface area (Å²) >= 11 is 9.73. The highest BCUT2D eigenvalue weighted by atomic mass is 79.9. The first-order valence-electron chi connectivity index (χ1n) is 5.42. The Morgan fingerprint density at radius 2 is 2.38 bits per heavy atom. The van der Waals surface area contributed by atoms with Crippen molar-refractivity contribution in [2.24, 2.45) is 5.92 Å². The van der Waals surface area contributed by atoms with Crippen molar-refractivity contribution >= 4 is 27.5 Å². The summed E-state index contributed by atoms with van der Waals surface area (Å²) < 4.78 is 6.50. The smallest absolute Gasteiger partial charge is 0.0513 e. The number of ether oxygens (including phenoxy) is 1. The fourth-order valence-corrected chi connectivity index (χ4v) is 2.83. The molecule has 1 saturated heterocycles. The summed E-state index contributed by atoms with van der Waals surface area (Å²) in [4.78, 5) is 0. The van der Waals surface area contributed by atoms with E-state index >= 15 is 0 Å². The second-order valence-corrected chi connectivity index (χ2v) is 5.38. The van der Waals surface area contributed by atoms with Crippen molar-refractivity contribution in [1.82, 2.24) is 5.32 Å². The molecule has 1 aromatic rings. The van der Waals surface area contributed by atoms with Crippen LogP contribution in [-0.4, -0.2) is 20.3 Å². The minimum Gasteiger partial charge on any atom is -0.381 e. The van der Waals surface area contributed by atoms with Gasteiger partial charge in [-0.05, 0) is 37.2 Å². The van der Waals surface area contributed by atoms with Gasteiger partial charge < -0.3 is 10.1 Å². The molecular formula is C12H15BrClNO. The third kappa shape index (κ3) is 2.59. The number of hydrogen-bond donors (Lipinski definition) is 1. The lowest BCUT2D eigenvalue weighted by Gasteiger charge is -2.23. The van der Waals surface area contributed by atoms with Crippen LogP contribution in [0.1, 0.15) is 18.0 Å². The van der Waals surface area contributed by atoms with Crippen LogP contribution in [0.5, 0.6) is 0 Å². The summed E-state index contributed by atoms with van der Waals surface area (Å²) in [5, 5.41) is 4.16. The number of halogens is 2. The highest BCUT2D eigenvalue weighted by Gasteiger charge is 2.27. The third-order valence-electron chi connectivity index (χ3n) is 3.04. The molecule has 1 N–H and O–H groups in total. The van der Waals surface area contributed by atoms with Gasteiger partial charge in [-0.3, -0.25) is 0 Å². The van der Waals surface area contributed by atoms with Crippen LogP contribution in [0.2, 0.25) is 5.02 Å². The van der Waals surface area contributed by atoms with Gasteiger partial charge in [0, 0.05) is 28.1 Å². The number of hydrogen-bond acceptors (Lipinski definition) is 2. The van der Waals surface area contributed by atoms with E-state index in [1.54, 1.807) is 0 Å². The maximum Gasteiger partial charge on any atom is 0.0513 e. The van der Waals surface area contributed by atoms with Gasteiger partial charge in [0.2, 0.25) is 0 Å². The van der Waals surface area contributed by atoms with Crippen LogP contribution in [-0.2, 0) is 4.74 Å². The standard InChI is InChI=1S/C12H15BrClNO/c1-15-12(8-4-5-16-7-8)10-6-9(13)2-3-11(10)14/h2-3,6,8,12,15H,4-5,7H2,1H3. The van der Waals surface area contributed by atoms with E-state index < -0.39 is 0 Å². The van der Waals surface area contributed by atoms with Crippen molar-refractivity contribution in [2.45, 2.75) is 12.5 Å². The minimum absolute atomic E-state index is 0.271. The highest BCUT2D eigenvalue weighted by Crippen LogP contribution is 2.34. The molecule has 0 spiro atoms. The zero-order chi connectivity index (χ0) is 11.5. The molecule has 1 aliphatic heterocycles. The van der Waals surface area contributed by atoms with Crippen LogP contribution in [0.3, 0.4) is 0 Å². The van der Waals surface area contributed by atoms with Crippen LogP contribution in [0.4, 0.5) is 0 Å². The average molecular weight is 305 g/mol. The van der Waals surface area contributed by atoms with E-state index in [-0.39, 0.29) is 6.04 Å². The molecule has 0 saturated carbocycles. The Kier molecular flexibility index (Phi) is 4.25. The van der Waals surface area contributed by atoms with Crippen molar-refractivity contribution in [2.75, 3.05) is 20.3 Å². The van der Waals surface area contributed by atoms with E-state index in [2.05, 4.69) is 27.3 Å². The molecule has 4 heteroatoms. The van der Waals surface area contributed by atoms with Gasteiger partial charge in [0.25, 0.3) is 0 Å². The van der Waals surface area contributed by atoms with Gasteiger partial charge in [0.15, 0.2) is 0 Å². The normalized spacial score (nSPS) is 22.3. The van der Waals surface area contributed by atoms with Crippen molar-refractivity contribution in [3.63, 3.8) is 0 Å². The zero-order valence-electron chi connectivity index (χ0n) is 9.17. The molecule has 88 valence electrons. The molecule has 0 amide bonds. The summed E-state index contributed by atoms with van der Waals surface area (Å²) in [6.45, 7) is 1.67. The molecule has 16 heavy (non-hydrogen) atoms. The van der Waals surface area contributed by atoms with Crippen molar-refractivity contribution < 1.29 is 4.74 Å². The SMILES string of the molecule is CNC(c1cc(Br)ccc1Cl)C1CCOC1. The van der Waals surface area contributed by atoms with E-state index in [1.165, 1.54) is 0 Å². The van der Waals surface area contributed by atoms with Crippen LogP contribution in [0, 0.1) is 5.92 Å². The van der Waals surface area contributed by atoms with E-state index in [9.17, 15) is 0 Å². The van der Waals surface area contributed by atoms with E-state index in [0.717, 1.165) is 34.7 Å². The second-order valence-electron chi connectivity index (χ2n) is 4.06. The molecule has 0 radical (unpaired) electrons. The molecule has 2 unspecified atom stereocenters. The maximum absolute atomic E-state index is 6.25. The lowest BCUT2D eigenvalue weighted by atomic mass is 9.92. The van der Waals surface area contributed by atoms with Gasteiger partial charge >= 0.3 is 0 Å². The predicted molar refractivity (Wildman–Crippen MR) is 69.9 cm³/mol. The van der Waals surface area contributed by atoms with Crippen LogP contribution in [0.15, 0.2) is 22.7 Å². The molecule has 1 fully saturated rings. The second kappa shape index (κ2) is 5.50. The summed E-state index contributed by atoms with van der Waals surface area (Å²) in [6, 6.07) is 6.25. The predicted octanol–water partition coefficient (Wildman–Crippen LogP) is 3.40. The van der Waals surface area contributed by atoms with Gasteiger partial charge in [-0.1, -0.05) is 27.5 Å². The Hall–Kier alpha value is -0.0900. The Balaban J connectivity index is 2.28. The molecule has 2 rings (SSSR count). The molecule has 0 bridgehead atoms. The average Bonchev–Trinajstić information content (AvgIpc) is 2.78. The Bertz CT molecular complexity index is 366. The molecule has 1 aliphatic rings. The summed E-state index contributed by atoms with van der Waals surface area (Å²) in [7, 11) is 1.97. The maximum atomic E-state index is 6.25. The zero-order valence-corrected chi connectivity index (χ0v) is 11.5. The van der Waals surface area contributed by atoms with Gasteiger partial charge in [-0.15, -0.1) is 0 Å². The van der Waals surface area contributed by atoms with Crippen LogP contribution < -0.4 is 5.32 Å². The highest BCUT2D eigenvalue weighted by molar-refractivity contribution is 9.10. The number of benzene rings is 1. The topological polar surface area (TPSA) is 21.3 Å². The molecule has 0 aromatic heterocycles. The largest absolute Gasteiger partial charge is 0.381 e. The molecule has 2 nitrogen and oxygen atoms in total. The minimum atomic E-state index is 0.271. The first-order valence-corrected chi connectivity index (χ1v) is 6.59. The van der Waals surface area contributed by atoms with Gasteiger partial charge in [-0.25, -0.2) is 0 Å². The lowest BCUT2D eigenvalue weighted by Crippen LogP contribution is -2.25. The Labute approximate surface area is 109 Å². The van der Waals surface area contributed by atoms with E-state index in [1.807, 2.05) is 19.2 Å². The fraction of sp³-hybridized carbons (Fsp3) is 0.500. The molecule has 1 heterocycles. The van der Waals surface area contributed by atoms with E-state index in [0.29, 0.717) is 5.92 Å². The monoisotopic (exact) mass is 303 g/mol. The van der Waals surface area contributed by atoms with Gasteiger partial charge in [-0.2, -0.15) is 0 Å². The first-order chi connectivity index (χ1) is 7.72. The molecule has 2 atom stereocenters. The fourth-order valence-electron chi connectivity index (χ4n) is 2.21. The van der Waals surface area contributed by atoms with E-state index in [4.69, 9.17) is 16.3 Å². The molecule has 1 aromatic carbocycles. The molecular weight excluding hydrogens is 289 g/mol. The van der Waals surface area contributed by atoms with Gasteiger partial charge in [0.1, 0.15) is 0 Å². The van der Waals surface area contributed by atoms with Crippen molar-refractivity contribution in [3.05, 3.63) is 33.3 Å². The van der Waals surface area contributed by atoms with Crippen LogP contribution >= 0.6 is 27.5 Å². The summed E-state index contributed by atoms with van der Waals surface area (Å²) in [5.74, 6) is 0.511. The number of nitrogens with one attached hydrogen (secondary N) is 1. The number of rotatable bonds is 3. The van der Waals surface area contributed by atoms with Gasteiger partial charge in [0.05, 0.1) is 6.61 Å². The molecule has 0 aliphatic carbocycles. The summed E-state index contributed by atoms with van der Waals surface area (Å²) in [5.41, 5.74) is 1.15. The Morgan fingerprint density at radius 1 is 1.56 bits per heavy atom. The van der Waals surface area contributed by atoms with Crippen LogP contribution in [0.25, 0.3) is 0 Å². The quantitative estimate of drug-likeness (QED) is 0.924. The first kappa shape index (κ1) is 12.4.